The van der Waals surface area contributed by atoms with Crippen LogP contribution in [0.1, 0.15) is 24.5 Å². The summed E-state index contributed by atoms with van der Waals surface area (Å²) in [6, 6.07) is 7.82. The summed E-state index contributed by atoms with van der Waals surface area (Å²) in [5.41, 5.74) is 2.06. The van der Waals surface area contributed by atoms with Crippen LogP contribution in [0.2, 0.25) is 0 Å². The summed E-state index contributed by atoms with van der Waals surface area (Å²) in [6.07, 6.45) is 2.74. The van der Waals surface area contributed by atoms with E-state index in [2.05, 4.69) is 17.6 Å². The van der Waals surface area contributed by atoms with Crippen molar-refractivity contribution in [3.8, 4) is 0 Å². The van der Waals surface area contributed by atoms with Crippen LogP contribution in [-0.2, 0) is 4.79 Å². The van der Waals surface area contributed by atoms with E-state index in [1.165, 1.54) is 4.90 Å². The highest BCUT2D eigenvalue weighted by Gasteiger charge is 2.34. The first-order valence-corrected chi connectivity index (χ1v) is 9.07. The van der Waals surface area contributed by atoms with Crippen molar-refractivity contribution in [2.45, 2.75) is 20.3 Å². The van der Waals surface area contributed by atoms with Crippen LogP contribution in [0, 0.1) is 6.92 Å². The molecule has 2 rings (SSSR count). The third-order valence-electron chi connectivity index (χ3n) is 3.41. The van der Waals surface area contributed by atoms with Crippen LogP contribution in [-0.4, -0.2) is 40.8 Å². The molecule has 0 spiro atoms. The molecule has 0 atom stereocenters. The third kappa shape index (κ3) is 5.07. The number of carbonyl (C=O) groups excluding carboxylic acids is 2. The van der Waals surface area contributed by atoms with E-state index in [1.54, 1.807) is 6.08 Å². The standard InChI is InChI=1S/C17H21N3O2S2/c1-3-8-18-16(23)19-9-10-20-15(21)14(24-17(20)22)11-13-6-4-12(2)5-7-13/h4-7,11H,3,8-10H2,1-2H3,(H2,18,19,23)/b14-11-. The van der Waals surface area contributed by atoms with E-state index in [0.29, 0.717) is 23.1 Å². The van der Waals surface area contributed by atoms with Gasteiger partial charge in [-0.3, -0.25) is 14.5 Å². The molecule has 1 aromatic rings. The summed E-state index contributed by atoms with van der Waals surface area (Å²) in [5.74, 6) is -0.250. The Hall–Kier alpha value is -1.86. The van der Waals surface area contributed by atoms with Gasteiger partial charge in [0.15, 0.2) is 5.11 Å². The molecule has 0 aliphatic carbocycles. The second kappa shape index (κ2) is 8.84. The highest BCUT2D eigenvalue weighted by molar-refractivity contribution is 8.18. The molecule has 0 saturated carbocycles. The molecule has 1 heterocycles. The fourth-order valence-corrected chi connectivity index (χ4v) is 3.16. The van der Waals surface area contributed by atoms with Gasteiger partial charge in [-0.1, -0.05) is 36.8 Å². The van der Waals surface area contributed by atoms with Crippen molar-refractivity contribution < 1.29 is 9.59 Å². The van der Waals surface area contributed by atoms with Gasteiger partial charge >= 0.3 is 0 Å². The van der Waals surface area contributed by atoms with Gasteiger partial charge in [0, 0.05) is 19.6 Å². The average Bonchev–Trinajstić information content (AvgIpc) is 2.82. The minimum absolute atomic E-state index is 0.243. The number of imide groups is 1. The van der Waals surface area contributed by atoms with E-state index in [-0.39, 0.29) is 11.1 Å². The molecule has 1 aromatic carbocycles. The molecule has 1 saturated heterocycles. The smallest absolute Gasteiger partial charge is 0.293 e. The Bertz CT molecular complexity index is 656. The van der Waals surface area contributed by atoms with E-state index in [4.69, 9.17) is 12.2 Å². The molecule has 0 bridgehead atoms. The van der Waals surface area contributed by atoms with Crippen LogP contribution in [0.4, 0.5) is 4.79 Å². The van der Waals surface area contributed by atoms with Gasteiger partial charge in [-0.2, -0.15) is 0 Å². The van der Waals surface area contributed by atoms with Gasteiger partial charge in [-0.15, -0.1) is 0 Å². The number of hydrogen-bond acceptors (Lipinski definition) is 4. The minimum atomic E-state index is -0.250. The predicted octanol–water partition coefficient (Wildman–Crippen LogP) is 2.91. The van der Waals surface area contributed by atoms with Crippen molar-refractivity contribution >= 4 is 46.3 Å². The van der Waals surface area contributed by atoms with Gasteiger partial charge in [-0.05, 0) is 49.0 Å². The molecule has 2 N–H and O–H groups in total. The molecule has 24 heavy (non-hydrogen) atoms. The topological polar surface area (TPSA) is 61.4 Å². The van der Waals surface area contributed by atoms with Crippen LogP contribution in [0.25, 0.3) is 6.08 Å². The number of thioether (sulfide) groups is 1. The van der Waals surface area contributed by atoms with Gasteiger partial charge in [0.1, 0.15) is 0 Å². The number of rotatable bonds is 6. The SMILES string of the molecule is CCCNC(=S)NCCN1C(=O)S/C(=C\c2ccc(C)cc2)C1=O. The quantitative estimate of drug-likeness (QED) is 0.599. The van der Waals surface area contributed by atoms with Gasteiger partial charge < -0.3 is 10.6 Å². The fraction of sp³-hybridized carbons (Fsp3) is 0.353. The first-order chi connectivity index (χ1) is 11.5. The lowest BCUT2D eigenvalue weighted by molar-refractivity contribution is -0.122. The molecular weight excluding hydrogens is 342 g/mol. The number of hydrogen-bond donors (Lipinski definition) is 2. The summed E-state index contributed by atoms with van der Waals surface area (Å²) in [4.78, 5) is 26.1. The van der Waals surface area contributed by atoms with Gasteiger partial charge in [-0.25, -0.2) is 0 Å². The van der Waals surface area contributed by atoms with Crippen molar-refractivity contribution in [1.29, 1.82) is 0 Å². The molecule has 2 amide bonds. The maximum Gasteiger partial charge on any atom is 0.293 e. The largest absolute Gasteiger partial charge is 0.363 e. The summed E-state index contributed by atoms with van der Waals surface area (Å²) >= 11 is 6.09. The number of benzene rings is 1. The monoisotopic (exact) mass is 363 g/mol. The Morgan fingerprint density at radius 1 is 1.21 bits per heavy atom. The normalized spacial score (nSPS) is 15.9. The number of aryl methyl sites for hydroxylation is 1. The van der Waals surface area contributed by atoms with Crippen molar-refractivity contribution in [3.63, 3.8) is 0 Å². The molecule has 0 radical (unpaired) electrons. The zero-order chi connectivity index (χ0) is 17.5. The molecule has 1 fully saturated rings. The maximum atomic E-state index is 12.4. The van der Waals surface area contributed by atoms with Crippen molar-refractivity contribution in [1.82, 2.24) is 15.5 Å². The Morgan fingerprint density at radius 3 is 2.54 bits per heavy atom. The first-order valence-electron chi connectivity index (χ1n) is 7.85. The number of nitrogens with zero attached hydrogens (tertiary/aromatic N) is 1. The van der Waals surface area contributed by atoms with Gasteiger partial charge in [0.05, 0.1) is 4.91 Å². The summed E-state index contributed by atoms with van der Waals surface area (Å²) in [5, 5.41) is 6.34. The number of amides is 2. The lowest BCUT2D eigenvalue weighted by atomic mass is 10.1. The van der Waals surface area contributed by atoms with Crippen LogP contribution < -0.4 is 10.6 Å². The minimum Gasteiger partial charge on any atom is -0.363 e. The molecule has 0 unspecified atom stereocenters. The number of nitrogens with one attached hydrogen (secondary N) is 2. The van der Waals surface area contributed by atoms with E-state index in [9.17, 15) is 9.59 Å². The lowest BCUT2D eigenvalue weighted by Gasteiger charge is -2.14. The Kier molecular flexibility index (Phi) is 6.81. The summed E-state index contributed by atoms with van der Waals surface area (Å²) in [6.45, 7) is 5.59. The number of carbonyl (C=O) groups is 2. The molecule has 1 aliphatic rings. The van der Waals surface area contributed by atoms with E-state index >= 15 is 0 Å². The fourth-order valence-electron chi connectivity index (χ4n) is 2.09. The highest BCUT2D eigenvalue weighted by atomic mass is 32.2. The van der Waals surface area contributed by atoms with Crippen molar-refractivity contribution in [2.75, 3.05) is 19.6 Å². The second-order valence-electron chi connectivity index (χ2n) is 5.43. The zero-order valence-electron chi connectivity index (χ0n) is 13.8. The van der Waals surface area contributed by atoms with Crippen LogP contribution in [0.3, 0.4) is 0 Å². The number of thiocarbonyl (C=S) groups is 1. The molecular formula is C17H21N3O2S2. The van der Waals surface area contributed by atoms with E-state index < -0.39 is 0 Å². The van der Waals surface area contributed by atoms with E-state index in [0.717, 1.165) is 35.9 Å². The second-order valence-corrected chi connectivity index (χ2v) is 6.83. The maximum absolute atomic E-state index is 12.4. The summed E-state index contributed by atoms with van der Waals surface area (Å²) < 4.78 is 0. The average molecular weight is 364 g/mol. The van der Waals surface area contributed by atoms with Crippen LogP contribution in [0.15, 0.2) is 29.2 Å². The molecule has 0 aromatic heterocycles. The molecule has 7 heteroatoms. The first kappa shape index (κ1) is 18.5. The van der Waals surface area contributed by atoms with Crippen LogP contribution >= 0.6 is 24.0 Å². The molecule has 5 nitrogen and oxygen atoms in total. The molecule has 128 valence electrons. The van der Waals surface area contributed by atoms with Crippen molar-refractivity contribution in [2.24, 2.45) is 0 Å². The lowest BCUT2D eigenvalue weighted by Crippen LogP contribution is -2.41. The van der Waals surface area contributed by atoms with Crippen molar-refractivity contribution in [3.05, 3.63) is 40.3 Å². The zero-order valence-corrected chi connectivity index (χ0v) is 15.4. The van der Waals surface area contributed by atoms with Crippen LogP contribution in [0.5, 0.6) is 0 Å². The Balaban J connectivity index is 1.91. The van der Waals surface area contributed by atoms with E-state index in [1.807, 2.05) is 31.2 Å². The Morgan fingerprint density at radius 2 is 1.88 bits per heavy atom. The predicted molar refractivity (Wildman–Crippen MR) is 103 cm³/mol. The third-order valence-corrected chi connectivity index (χ3v) is 4.60. The van der Waals surface area contributed by atoms with Gasteiger partial charge in [0.25, 0.3) is 11.1 Å². The Labute approximate surface area is 151 Å². The van der Waals surface area contributed by atoms with Gasteiger partial charge in [0.2, 0.25) is 0 Å². The highest BCUT2D eigenvalue weighted by Crippen LogP contribution is 2.31. The molecule has 1 aliphatic heterocycles. The summed E-state index contributed by atoms with van der Waals surface area (Å²) in [7, 11) is 0.